The first-order valence-electron chi connectivity index (χ1n) is 9.14. The number of aliphatic hydroxyl groups excluding tert-OH is 1. The molecule has 4 rings (SSSR count). The molecule has 1 aromatic carbocycles. The van der Waals surface area contributed by atoms with E-state index in [1.54, 1.807) is 18.5 Å². The number of aliphatic hydroxyl groups is 1. The van der Waals surface area contributed by atoms with Crippen molar-refractivity contribution in [3.63, 3.8) is 0 Å². The van der Waals surface area contributed by atoms with Gasteiger partial charge in [0, 0.05) is 35.1 Å². The molecule has 0 spiro atoms. The first kappa shape index (κ1) is 18.6. The smallest absolute Gasteiger partial charge is 0.320 e. The Bertz CT molecular complexity index is 1140. The summed E-state index contributed by atoms with van der Waals surface area (Å²) in [6.07, 6.45) is 3.41. The summed E-state index contributed by atoms with van der Waals surface area (Å²) in [5, 5.41) is 23.2. The van der Waals surface area contributed by atoms with Crippen molar-refractivity contribution in [2.45, 2.75) is 13.0 Å². The molecule has 146 valence electrons. The van der Waals surface area contributed by atoms with Crippen LogP contribution in [0.2, 0.25) is 0 Å². The molecule has 0 radical (unpaired) electrons. The fourth-order valence-electron chi connectivity index (χ4n) is 3.12. The Labute approximate surface area is 167 Å². The molecule has 1 atom stereocenters. The second-order valence-corrected chi connectivity index (χ2v) is 6.62. The first-order chi connectivity index (χ1) is 14.1. The predicted molar refractivity (Wildman–Crippen MR) is 110 cm³/mol. The molecule has 0 saturated carbocycles. The normalized spacial score (nSPS) is 11.9. The van der Waals surface area contributed by atoms with Crippen LogP contribution in [0.4, 0.5) is 10.6 Å². The number of H-pyrrole nitrogens is 1. The van der Waals surface area contributed by atoms with Gasteiger partial charge in [-0.15, -0.1) is 0 Å². The van der Waals surface area contributed by atoms with Gasteiger partial charge in [0.25, 0.3) is 0 Å². The third-order valence-corrected chi connectivity index (χ3v) is 4.55. The van der Waals surface area contributed by atoms with Crippen LogP contribution in [-0.4, -0.2) is 37.9 Å². The maximum Gasteiger partial charge on any atom is 0.320 e. The summed E-state index contributed by atoms with van der Waals surface area (Å²) >= 11 is 0. The number of aromatic amines is 1. The fraction of sp³-hybridized carbons (Fsp3) is 0.143. The topological polar surface area (TPSA) is 116 Å². The van der Waals surface area contributed by atoms with E-state index in [1.165, 1.54) is 0 Å². The molecule has 3 heterocycles. The molecule has 0 aliphatic carbocycles. The third-order valence-electron chi connectivity index (χ3n) is 4.55. The number of carbonyl (C=O) groups is 1. The van der Waals surface area contributed by atoms with Gasteiger partial charge in [0.1, 0.15) is 11.5 Å². The van der Waals surface area contributed by atoms with Crippen molar-refractivity contribution in [1.82, 2.24) is 25.5 Å². The number of nitrogens with zero attached hydrogens (tertiary/aromatic N) is 3. The van der Waals surface area contributed by atoms with Crippen molar-refractivity contribution in [2.75, 3.05) is 11.9 Å². The quantitative estimate of drug-likeness (QED) is 0.419. The van der Waals surface area contributed by atoms with Crippen LogP contribution in [0.25, 0.3) is 22.2 Å². The molecule has 0 fully saturated rings. The van der Waals surface area contributed by atoms with E-state index in [1.807, 2.05) is 49.4 Å². The Balaban J connectivity index is 1.51. The molecule has 8 nitrogen and oxygen atoms in total. The van der Waals surface area contributed by atoms with E-state index in [0.717, 1.165) is 33.4 Å². The summed E-state index contributed by atoms with van der Waals surface area (Å²) in [6, 6.07) is 13.9. The van der Waals surface area contributed by atoms with Gasteiger partial charge in [0.05, 0.1) is 18.2 Å². The zero-order valence-electron chi connectivity index (χ0n) is 15.8. The van der Waals surface area contributed by atoms with Gasteiger partial charge in [-0.3, -0.25) is 15.4 Å². The molecule has 0 saturated heterocycles. The molecular formula is C21H20N6O2. The number of nitrogens with one attached hydrogen (secondary N) is 3. The van der Waals surface area contributed by atoms with E-state index in [-0.39, 0.29) is 6.61 Å². The highest BCUT2D eigenvalue weighted by Crippen LogP contribution is 2.27. The maximum atomic E-state index is 12.3. The van der Waals surface area contributed by atoms with Crippen molar-refractivity contribution in [1.29, 1.82) is 0 Å². The molecular weight excluding hydrogens is 368 g/mol. The number of fused-ring (bicyclic) bond motifs is 1. The Hall–Kier alpha value is -3.78. The summed E-state index contributed by atoms with van der Waals surface area (Å²) < 4.78 is 0. The standard InChI is InChI=1S/C21H20N6O2/c1-13-9-15(7-8-22-13)20-16-11-23-19(10-17(16)26-27-20)25-21(29)24-18(12-28)14-5-3-2-4-6-14/h2-11,18,28H,12H2,1H3,(H,26,27)(H2,23,24,25,29)/t18-/m0/s1. The lowest BCUT2D eigenvalue weighted by atomic mass is 10.1. The number of aryl methyl sites for hydroxylation is 1. The van der Waals surface area contributed by atoms with Gasteiger partial charge in [0.15, 0.2) is 0 Å². The van der Waals surface area contributed by atoms with Crippen molar-refractivity contribution >= 4 is 22.8 Å². The molecule has 0 unspecified atom stereocenters. The number of rotatable bonds is 5. The van der Waals surface area contributed by atoms with E-state index in [2.05, 4.69) is 30.8 Å². The molecule has 4 aromatic rings. The Morgan fingerprint density at radius 1 is 1.17 bits per heavy atom. The van der Waals surface area contributed by atoms with Crippen LogP contribution in [0.5, 0.6) is 0 Å². The Kier molecular flexibility index (Phi) is 5.17. The molecule has 0 aliphatic heterocycles. The van der Waals surface area contributed by atoms with E-state index in [0.29, 0.717) is 5.82 Å². The number of urea groups is 1. The van der Waals surface area contributed by atoms with E-state index >= 15 is 0 Å². The van der Waals surface area contributed by atoms with Crippen LogP contribution < -0.4 is 10.6 Å². The minimum atomic E-state index is -0.506. The highest BCUT2D eigenvalue weighted by molar-refractivity contribution is 5.95. The summed E-state index contributed by atoms with van der Waals surface area (Å²) in [5.41, 5.74) is 4.19. The van der Waals surface area contributed by atoms with Crippen molar-refractivity contribution in [2.24, 2.45) is 0 Å². The largest absolute Gasteiger partial charge is 0.394 e. The molecule has 2 amide bonds. The van der Waals surface area contributed by atoms with Crippen LogP contribution in [0, 0.1) is 6.92 Å². The number of pyridine rings is 2. The predicted octanol–water partition coefficient (Wildman–Crippen LogP) is 3.18. The average Bonchev–Trinajstić information content (AvgIpc) is 3.16. The first-order valence-corrected chi connectivity index (χ1v) is 9.14. The zero-order valence-corrected chi connectivity index (χ0v) is 15.8. The monoisotopic (exact) mass is 388 g/mol. The number of anilines is 1. The maximum absolute atomic E-state index is 12.3. The summed E-state index contributed by atoms with van der Waals surface area (Å²) in [5.74, 6) is 0.376. The lowest BCUT2D eigenvalue weighted by Gasteiger charge is -2.17. The Morgan fingerprint density at radius 2 is 2.00 bits per heavy atom. The molecule has 0 bridgehead atoms. The number of hydrogen-bond acceptors (Lipinski definition) is 5. The minimum absolute atomic E-state index is 0.209. The second-order valence-electron chi connectivity index (χ2n) is 6.62. The number of carbonyl (C=O) groups excluding carboxylic acids is 1. The second kappa shape index (κ2) is 8.07. The number of hydrogen-bond donors (Lipinski definition) is 4. The van der Waals surface area contributed by atoms with E-state index in [9.17, 15) is 9.90 Å². The minimum Gasteiger partial charge on any atom is -0.394 e. The number of aromatic nitrogens is 4. The van der Waals surface area contributed by atoms with Crippen molar-refractivity contribution in [3.05, 3.63) is 72.2 Å². The highest BCUT2D eigenvalue weighted by Gasteiger charge is 2.15. The zero-order chi connectivity index (χ0) is 20.2. The molecule has 8 heteroatoms. The summed E-state index contributed by atoms with van der Waals surface area (Å²) in [4.78, 5) is 20.9. The lowest BCUT2D eigenvalue weighted by Crippen LogP contribution is -2.34. The van der Waals surface area contributed by atoms with Crippen molar-refractivity contribution in [3.8, 4) is 11.3 Å². The van der Waals surface area contributed by atoms with Gasteiger partial charge in [-0.1, -0.05) is 30.3 Å². The number of amides is 2. The van der Waals surface area contributed by atoms with Crippen LogP contribution >= 0.6 is 0 Å². The van der Waals surface area contributed by atoms with E-state index < -0.39 is 12.1 Å². The van der Waals surface area contributed by atoms with Crippen LogP contribution in [0.15, 0.2) is 60.9 Å². The van der Waals surface area contributed by atoms with Crippen molar-refractivity contribution < 1.29 is 9.90 Å². The number of benzene rings is 1. The molecule has 3 aromatic heterocycles. The van der Waals surface area contributed by atoms with Crippen LogP contribution in [0.1, 0.15) is 17.3 Å². The average molecular weight is 388 g/mol. The van der Waals surface area contributed by atoms with Gasteiger partial charge in [-0.2, -0.15) is 5.10 Å². The molecule has 4 N–H and O–H groups in total. The SMILES string of the molecule is Cc1cc(-c2n[nH]c3cc(NC(=O)N[C@@H](CO)c4ccccc4)ncc23)ccn1. The van der Waals surface area contributed by atoms with Crippen LogP contribution in [0.3, 0.4) is 0 Å². The third kappa shape index (κ3) is 4.07. The van der Waals surface area contributed by atoms with Crippen LogP contribution in [-0.2, 0) is 0 Å². The molecule has 0 aliphatic rings. The van der Waals surface area contributed by atoms with Gasteiger partial charge < -0.3 is 10.4 Å². The Morgan fingerprint density at radius 3 is 2.76 bits per heavy atom. The summed E-state index contributed by atoms with van der Waals surface area (Å²) in [6.45, 7) is 1.71. The van der Waals surface area contributed by atoms with Gasteiger partial charge >= 0.3 is 6.03 Å². The lowest BCUT2D eigenvalue weighted by molar-refractivity contribution is 0.225. The van der Waals surface area contributed by atoms with E-state index in [4.69, 9.17) is 0 Å². The molecule has 29 heavy (non-hydrogen) atoms. The van der Waals surface area contributed by atoms with Gasteiger partial charge in [-0.25, -0.2) is 9.78 Å². The van der Waals surface area contributed by atoms with Gasteiger partial charge in [-0.05, 0) is 24.6 Å². The van der Waals surface area contributed by atoms with Gasteiger partial charge in [0.2, 0.25) is 0 Å². The summed E-state index contributed by atoms with van der Waals surface area (Å²) in [7, 11) is 0. The highest BCUT2D eigenvalue weighted by atomic mass is 16.3. The fourth-order valence-corrected chi connectivity index (χ4v) is 3.12.